The lowest BCUT2D eigenvalue weighted by atomic mass is 9.99. The topological polar surface area (TPSA) is 67.2 Å². The molecule has 1 aliphatic heterocycles. The van der Waals surface area contributed by atoms with Gasteiger partial charge in [0.2, 0.25) is 0 Å². The molecule has 1 atom stereocenters. The van der Waals surface area contributed by atoms with E-state index in [1.165, 1.54) is 10.9 Å². The van der Waals surface area contributed by atoms with E-state index in [9.17, 15) is 8.42 Å². The Morgan fingerprint density at radius 1 is 1.48 bits per heavy atom. The second-order valence-corrected chi connectivity index (χ2v) is 8.10. The number of hydrogen-bond acceptors (Lipinski definition) is 4. The molecule has 0 amide bonds. The van der Waals surface area contributed by atoms with Gasteiger partial charge in [-0.25, -0.2) is 8.42 Å². The van der Waals surface area contributed by atoms with Gasteiger partial charge >= 0.3 is 0 Å². The SMILES string of the molecule is CC(C)CNCC1CCCN(S(=O)(=O)c2ccnn2C)C1. The van der Waals surface area contributed by atoms with Gasteiger partial charge in [0.05, 0.1) is 6.20 Å². The summed E-state index contributed by atoms with van der Waals surface area (Å²) in [6.45, 7) is 7.41. The summed E-state index contributed by atoms with van der Waals surface area (Å²) in [5.74, 6) is 1.00. The Balaban J connectivity index is 1.99. The molecule has 7 heteroatoms. The normalized spacial score (nSPS) is 21.0. The second kappa shape index (κ2) is 6.89. The molecule has 2 rings (SSSR count). The summed E-state index contributed by atoms with van der Waals surface area (Å²) < 4.78 is 28.3. The Morgan fingerprint density at radius 2 is 2.24 bits per heavy atom. The average Bonchev–Trinajstić information content (AvgIpc) is 2.86. The standard InChI is InChI=1S/C14H26N4O2S/c1-12(2)9-15-10-13-5-4-8-18(11-13)21(19,20)14-6-7-16-17(14)3/h6-7,12-13,15H,4-5,8-11H2,1-3H3. The van der Waals surface area contributed by atoms with Crippen molar-refractivity contribution in [3.8, 4) is 0 Å². The molecule has 0 aromatic carbocycles. The number of piperidine rings is 1. The van der Waals surface area contributed by atoms with Crippen molar-refractivity contribution in [2.24, 2.45) is 18.9 Å². The molecule has 2 heterocycles. The Labute approximate surface area is 127 Å². The van der Waals surface area contributed by atoms with E-state index < -0.39 is 10.0 Å². The lowest BCUT2D eigenvalue weighted by molar-refractivity contribution is 0.257. The average molecular weight is 314 g/mol. The minimum Gasteiger partial charge on any atom is -0.316 e. The third-order valence-corrected chi connectivity index (χ3v) is 5.79. The first-order valence-electron chi connectivity index (χ1n) is 7.60. The minimum atomic E-state index is -3.42. The molecule has 0 aliphatic carbocycles. The van der Waals surface area contributed by atoms with Crippen LogP contribution < -0.4 is 5.32 Å². The van der Waals surface area contributed by atoms with E-state index in [0.717, 1.165) is 25.9 Å². The van der Waals surface area contributed by atoms with Gasteiger partial charge in [-0.2, -0.15) is 9.40 Å². The highest BCUT2D eigenvalue weighted by Crippen LogP contribution is 2.23. The third-order valence-electron chi connectivity index (χ3n) is 3.85. The molecular weight excluding hydrogens is 288 g/mol. The summed E-state index contributed by atoms with van der Waals surface area (Å²) >= 11 is 0. The predicted octanol–water partition coefficient (Wildman–Crippen LogP) is 1.07. The van der Waals surface area contributed by atoms with Gasteiger partial charge in [0, 0.05) is 20.1 Å². The second-order valence-electron chi connectivity index (χ2n) is 6.22. The number of rotatable bonds is 6. The molecule has 1 aromatic heterocycles. The van der Waals surface area contributed by atoms with Crippen molar-refractivity contribution in [3.63, 3.8) is 0 Å². The fourth-order valence-corrected chi connectivity index (χ4v) is 4.39. The van der Waals surface area contributed by atoms with E-state index in [1.54, 1.807) is 17.4 Å². The quantitative estimate of drug-likeness (QED) is 0.853. The Morgan fingerprint density at radius 3 is 2.86 bits per heavy atom. The maximum absolute atomic E-state index is 12.6. The van der Waals surface area contributed by atoms with E-state index in [1.807, 2.05) is 0 Å². The molecular formula is C14H26N4O2S. The molecule has 1 unspecified atom stereocenters. The van der Waals surface area contributed by atoms with Crippen LogP contribution in [0.2, 0.25) is 0 Å². The van der Waals surface area contributed by atoms with Crippen LogP contribution in [0.4, 0.5) is 0 Å². The molecule has 0 spiro atoms. The van der Waals surface area contributed by atoms with E-state index in [0.29, 0.717) is 24.9 Å². The van der Waals surface area contributed by atoms with Crippen molar-refractivity contribution in [1.82, 2.24) is 19.4 Å². The summed E-state index contributed by atoms with van der Waals surface area (Å²) in [5.41, 5.74) is 0. The van der Waals surface area contributed by atoms with E-state index in [2.05, 4.69) is 24.3 Å². The van der Waals surface area contributed by atoms with Gasteiger partial charge in [0.1, 0.15) is 0 Å². The summed E-state index contributed by atoms with van der Waals surface area (Å²) in [6.07, 6.45) is 3.53. The smallest absolute Gasteiger partial charge is 0.260 e. The highest BCUT2D eigenvalue weighted by atomic mass is 32.2. The lowest BCUT2D eigenvalue weighted by Crippen LogP contribution is -2.43. The highest BCUT2D eigenvalue weighted by Gasteiger charge is 2.31. The fourth-order valence-electron chi connectivity index (χ4n) is 2.73. The van der Waals surface area contributed by atoms with Gasteiger partial charge in [-0.1, -0.05) is 13.8 Å². The van der Waals surface area contributed by atoms with E-state index >= 15 is 0 Å². The number of nitrogens with one attached hydrogen (secondary N) is 1. The van der Waals surface area contributed by atoms with Crippen LogP contribution in [0.3, 0.4) is 0 Å². The van der Waals surface area contributed by atoms with Crippen molar-refractivity contribution in [1.29, 1.82) is 0 Å². The van der Waals surface area contributed by atoms with Crippen molar-refractivity contribution in [2.45, 2.75) is 31.7 Å². The van der Waals surface area contributed by atoms with Crippen LogP contribution in [0.15, 0.2) is 17.3 Å². The van der Waals surface area contributed by atoms with Crippen LogP contribution >= 0.6 is 0 Å². The number of aryl methyl sites for hydroxylation is 1. The summed E-state index contributed by atoms with van der Waals surface area (Å²) in [7, 11) is -1.75. The van der Waals surface area contributed by atoms with E-state index in [-0.39, 0.29) is 5.03 Å². The zero-order valence-electron chi connectivity index (χ0n) is 13.1. The molecule has 120 valence electrons. The summed E-state index contributed by atoms with van der Waals surface area (Å²) in [5, 5.41) is 7.67. The Hall–Kier alpha value is -0.920. The van der Waals surface area contributed by atoms with E-state index in [4.69, 9.17) is 0 Å². The van der Waals surface area contributed by atoms with Crippen LogP contribution in [0.5, 0.6) is 0 Å². The largest absolute Gasteiger partial charge is 0.316 e. The molecule has 1 saturated heterocycles. The van der Waals surface area contributed by atoms with Gasteiger partial charge in [-0.15, -0.1) is 0 Å². The first kappa shape index (κ1) is 16.5. The lowest BCUT2D eigenvalue weighted by Gasteiger charge is -2.32. The summed E-state index contributed by atoms with van der Waals surface area (Å²) in [6, 6.07) is 1.57. The van der Waals surface area contributed by atoms with Crippen molar-refractivity contribution in [3.05, 3.63) is 12.3 Å². The van der Waals surface area contributed by atoms with Crippen LogP contribution in [-0.2, 0) is 17.1 Å². The number of hydrogen-bond donors (Lipinski definition) is 1. The number of sulfonamides is 1. The van der Waals surface area contributed by atoms with Crippen LogP contribution in [0, 0.1) is 11.8 Å². The molecule has 1 aromatic rings. The number of aromatic nitrogens is 2. The molecule has 0 bridgehead atoms. The van der Waals surface area contributed by atoms with Gasteiger partial charge < -0.3 is 5.32 Å². The Bertz CT molecular complexity index is 553. The summed E-state index contributed by atoms with van der Waals surface area (Å²) in [4.78, 5) is 0. The van der Waals surface area contributed by atoms with Gasteiger partial charge in [-0.3, -0.25) is 4.68 Å². The zero-order valence-corrected chi connectivity index (χ0v) is 13.9. The molecule has 1 N–H and O–H groups in total. The third kappa shape index (κ3) is 4.05. The van der Waals surface area contributed by atoms with Crippen molar-refractivity contribution < 1.29 is 8.42 Å². The zero-order chi connectivity index (χ0) is 15.5. The predicted molar refractivity (Wildman–Crippen MR) is 82.4 cm³/mol. The van der Waals surface area contributed by atoms with Crippen LogP contribution in [0.1, 0.15) is 26.7 Å². The monoisotopic (exact) mass is 314 g/mol. The van der Waals surface area contributed by atoms with Gasteiger partial charge in [-0.05, 0) is 43.8 Å². The number of nitrogens with zero attached hydrogens (tertiary/aromatic N) is 3. The molecule has 21 heavy (non-hydrogen) atoms. The maximum atomic E-state index is 12.6. The minimum absolute atomic E-state index is 0.276. The molecule has 1 fully saturated rings. The molecule has 1 aliphatic rings. The van der Waals surface area contributed by atoms with Crippen LogP contribution in [-0.4, -0.2) is 48.7 Å². The fraction of sp³-hybridized carbons (Fsp3) is 0.786. The molecule has 0 saturated carbocycles. The van der Waals surface area contributed by atoms with Gasteiger partial charge in [0.15, 0.2) is 5.03 Å². The van der Waals surface area contributed by atoms with Gasteiger partial charge in [0.25, 0.3) is 10.0 Å². The Kier molecular flexibility index (Phi) is 5.40. The van der Waals surface area contributed by atoms with Crippen molar-refractivity contribution >= 4 is 10.0 Å². The first-order chi connectivity index (χ1) is 9.91. The van der Waals surface area contributed by atoms with Crippen LogP contribution in [0.25, 0.3) is 0 Å². The molecule has 6 nitrogen and oxygen atoms in total. The maximum Gasteiger partial charge on any atom is 0.260 e. The molecule has 0 radical (unpaired) electrons. The first-order valence-corrected chi connectivity index (χ1v) is 9.04. The van der Waals surface area contributed by atoms with Crippen molar-refractivity contribution in [2.75, 3.05) is 26.2 Å². The highest BCUT2D eigenvalue weighted by molar-refractivity contribution is 7.89.